The van der Waals surface area contributed by atoms with Gasteiger partial charge in [-0.15, -0.1) is 0 Å². The summed E-state index contributed by atoms with van der Waals surface area (Å²) in [4.78, 5) is 38.8. The summed E-state index contributed by atoms with van der Waals surface area (Å²) in [6.45, 7) is -1.01. The van der Waals surface area contributed by atoms with E-state index in [0.29, 0.717) is 11.3 Å². The van der Waals surface area contributed by atoms with Crippen LogP contribution in [0.3, 0.4) is 0 Å². The molecular formula is C13H14N4O4. The number of rotatable bonds is 6. The number of nitrogens with two attached hydrogens (primary N) is 1. The molecule has 110 valence electrons. The van der Waals surface area contributed by atoms with E-state index in [1.807, 2.05) is 12.1 Å². The Bertz CT molecular complexity index is 645. The Balaban J connectivity index is 2.13. The highest BCUT2D eigenvalue weighted by Gasteiger charge is 2.20. The number of carbonyl (C=O) groups is 3. The predicted octanol–water partition coefficient (Wildman–Crippen LogP) is -0.725. The molecule has 8 nitrogen and oxygen atoms in total. The van der Waals surface area contributed by atoms with Crippen LogP contribution < -0.4 is 5.73 Å². The lowest BCUT2D eigenvalue weighted by Crippen LogP contribution is -2.42. The van der Waals surface area contributed by atoms with E-state index in [2.05, 4.69) is 4.98 Å². The average molecular weight is 290 g/mol. The van der Waals surface area contributed by atoms with Crippen LogP contribution >= 0.6 is 0 Å². The lowest BCUT2D eigenvalue weighted by Gasteiger charge is -2.18. The van der Waals surface area contributed by atoms with Crippen molar-refractivity contribution in [1.82, 2.24) is 14.3 Å². The van der Waals surface area contributed by atoms with Gasteiger partial charge in [0.1, 0.15) is 12.2 Å². The molecule has 0 aliphatic carbocycles. The number of carbonyl (C=O) groups excluding carboxylic acids is 2. The maximum absolute atomic E-state index is 12.1. The predicted molar refractivity (Wildman–Crippen MR) is 72.3 cm³/mol. The third-order valence-electron chi connectivity index (χ3n) is 2.77. The Morgan fingerprint density at radius 1 is 1.29 bits per heavy atom. The van der Waals surface area contributed by atoms with Gasteiger partial charge >= 0.3 is 5.97 Å². The highest BCUT2D eigenvalue weighted by Crippen LogP contribution is 2.06. The van der Waals surface area contributed by atoms with Crippen LogP contribution in [0.2, 0.25) is 0 Å². The Labute approximate surface area is 119 Å². The molecular weight excluding hydrogens is 276 g/mol. The first kappa shape index (κ1) is 14.5. The smallest absolute Gasteiger partial charge is 0.323 e. The quantitative estimate of drug-likeness (QED) is 0.727. The number of imidazole rings is 1. The van der Waals surface area contributed by atoms with Gasteiger partial charge in [-0.1, -0.05) is 6.07 Å². The van der Waals surface area contributed by atoms with E-state index in [0.717, 1.165) is 4.90 Å². The summed E-state index contributed by atoms with van der Waals surface area (Å²) < 4.78 is 1.75. The molecule has 0 spiro atoms. The van der Waals surface area contributed by atoms with E-state index in [4.69, 9.17) is 10.8 Å². The number of fused-ring (bicyclic) bond motifs is 1. The molecule has 2 amide bonds. The van der Waals surface area contributed by atoms with Crippen molar-refractivity contribution in [2.45, 2.75) is 6.42 Å². The van der Waals surface area contributed by atoms with E-state index >= 15 is 0 Å². The maximum Gasteiger partial charge on any atom is 0.323 e. The number of hydrogen-bond donors (Lipinski definition) is 2. The molecule has 0 saturated heterocycles. The van der Waals surface area contributed by atoms with Crippen LogP contribution in [0, 0.1) is 0 Å². The third-order valence-corrected chi connectivity index (χ3v) is 2.77. The minimum Gasteiger partial charge on any atom is -0.480 e. The Hall–Kier alpha value is -2.90. The molecule has 0 unspecified atom stereocenters. The summed E-state index contributed by atoms with van der Waals surface area (Å²) in [6, 6.07) is 5.42. The lowest BCUT2D eigenvalue weighted by molar-refractivity contribution is -0.145. The molecule has 2 rings (SSSR count). The van der Waals surface area contributed by atoms with Gasteiger partial charge in [0.15, 0.2) is 0 Å². The van der Waals surface area contributed by atoms with Gasteiger partial charge in [-0.25, -0.2) is 4.98 Å². The molecule has 8 heteroatoms. The number of aromatic nitrogens is 2. The van der Waals surface area contributed by atoms with Crippen LogP contribution in [-0.4, -0.2) is 50.3 Å². The molecule has 3 N–H and O–H groups in total. The normalized spacial score (nSPS) is 10.5. The molecule has 0 fully saturated rings. The maximum atomic E-state index is 12.1. The zero-order valence-electron chi connectivity index (χ0n) is 11.1. The molecule has 2 heterocycles. The fourth-order valence-corrected chi connectivity index (χ4v) is 1.92. The first-order valence-corrected chi connectivity index (χ1v) is 6.16. The lowest BCUT2D eigenvalue weighted by atomic mass is 10.3. The molecule has 0 aromatic carbocycles. The van der Waals surface area contributed by atoms with Gasteiger partial charge in [0.05, 0.1) is 18.7 Å². The summed E-state index contributed by atoms with van der Waals surface area (Å²) in [5.74, 6) is -2.49. The minimum atomic E-state index is -1.21. The van der Waals surface area contributed by atoms with E-state index in [1.54, 1.807) is 22.9 Å². The zero-order chi connectivity index (χ0) is 15.4. The standard InChI is InChI=1S/C13H14N4O4/c14-10(18)7-17(8-13(20)21)12(19)5-9-6-16-4-2-1-3-11(16)15-9/h1-4,6H,5,7-8H2,(H2,14,18)(H,20,21). The van der Waals surface area contributed by atoms with Crippen molar-refractivity contribution >= 4 is 23.4 Å². The first-order chi connectivity index (χ1) is 9.95. The van der Waals surface area contributed by atoms with Crippen molar-refractivity contribution in [3.8, 4) is 0 Å². The number of nitrogens with zero attached hydrogens (tertiary/aromatic N) is 3. The van der Waals surface area contributed by atoms with Crippen LogP contribution in [0.1, 0.15) is 5.69 Å². The van der Waals surface area contributed by atoms with Crippen LogP contribution in [0.15, 0.2) is 30.6 Å². The van der Waals surface area contributed by atoms with Gasteiger partial charge in [-0.05, 0) is 12.1 Å². The van der Waals surface area contributed by atoms with Crippen molar-refractivity contribution in [2.24, 2.45) is 5.73 Å². The highest BCUT2D eigenvalue weighted by molar-refractivity contribution is 5.87. The number of aliphatic carboxylic acids is 1. The van der Waals surface area contributed by atoms with Crippen molar-refractivity contribution in [2.75, 3.05) is 13.1 Å². The summed E-state index contributed by atoms with van der Waals surface area (Å²) in [6.07, 6.45) is 3.37. The number of primary amides is 1. The van der Waals surface area contributed by atoms with E-state index in [1.165, 1.54) is 0 Å². The van der Waals surface area contributed by atoms with Crippen LogP contribution in [0.25, 0.3) is 5.65 Å². The summed E-state index contributed by atoms with van der Waals surface area (Å²) in [7, 11) is 0. The fraction of sp³-hybridized carbons (Fsp3) is 0.231. The third kappa shape index (κ3) is 3.78. The number of carboxylic acid groups (broad SMARTS) is 1. The Morgan fingerprint density at radius 2 is 2.05 bits per heavy atom. The molecule has 0 atom stereocenters. The van der Waals surface area contributed by atoms with Crippen LogP contribution in [0.5, 0.6) is 0 Å². The second kappa shape index (κ2) is 6.04. The zero-order valence-corrected chi connectivity index (χ0v) is 11.1. The van der Waals surface area contributed by atoms with Crippen molar-refractivity contribution in [1.29, 1.82) is 0 Å². The van der Waals surface area contributed by atoms with Crippen molar-refractivity contribution in [3.05, 3.63) is 36.3 Å². The van der Waals surface area contributed by atoms with Crippen molar-refractivity contribution in [3.63, 3.8) is 0 Å². The summed E-state index contributed by atoms with van der Waals surface area (Å²) >= 11 is 0. The van der Waals surface area contributed by atoms with Crippen LogP contribution in [-0.2, 0) is 20.8 Å². The molecule has 21 heavy (non-hydrogen) atoms. The summed E-state index contributed by atoms with van der Waals surface area (Å²) in [5.41, 5.74) is 6.19. The largest absolute Gasteiger partial charge is 0.480 e. The van der Waals surface area contributed by atoms with Gasteiger partial charge in [0, 0.05) is 12.4 Å². The Morgan fingerprint density at radius 3 is 2.67 bits per heavy atom. The monoisotopic (exact) mass is 290 g/mol. The molecule has 0 radical (unpaired) electrons. The number of hydrogen-bond acceptors (Lipinski definition) is 4. The van der Waals surface area contributed by atoms with Crippen molar-refractivity contribution < 1.29 is 19.5 Å². The molecule has 0 aliphatic rings. The first-order valence-electron chi connectivity index (χ1n) is 6.16. The minimum absolute atomic E-state index is 0.0950. The second-order valence-corrected chi connectivity index (χ2v) is 4.48. The van der Waals surface area contributed by atoms with Crippen LogP contribution in [0.4, 0.5) is 0 Å². The Kier molecular flexibility index (Phi) is 4.17. The molecule has 2 aromatic heterocycles. The molecule has 0 bridgehead atoms. The van der Waals surface area contributed by atoms with E-state index in [-0.39, 0.29) is 6.42 Å². The number of carboxylic acids is 1. The van der Waals surface area contributed by atoms with Gasteiger partial charge in [-0.2, -0.15) is 0 Å². The highest BCUT2D eigenvalue weighted by atomic mass is 16.4. The fourth-order valence-electron chi connectivity index (χ4n) is 1.92. The van der Waals surface area contributed by atoms with E-state index in [9.17, 15) is 14.4 Å². The number of pyridine rings is 1. The van der Waals surface area contributed by atoms with Gasteiger partial charge in [0.2, 0.25) is 11.8 Å². The second-order valence-electron chi connectivity index (χ2n) is 4.48. The van der Waals surface area contributed by atoms with Gasteiger partial charge in [0.25, 0.3) is 0 Å². The summed E-state index contributed by atoms with van der Waals surface area (Å²) in [5, 5.41) is 8.76. The van der Waals surface area contributed by atoms with Gasteiger partial charge in [-0.3, -0.25) is 14.4 Å². The topological polar surface area (TPSA) is 118 Å². The van der Waals surface area contributed by atoms with Gasteiger partial charge < -0.3 is 20.1 Å². The SMILES string of the molecule is NC(=O)CN(CC(=O)O)C(=O)Cc1cn2ccccc2n1. The average Bonchev–Trinajstić information content (AvgIpc) is 2.78. The van der Waals surface area contributed by atoms with E-state index < -0.39 is 30.9 Å². The molecule has 0 aliphatic heterocycles. The number of amides is 2. The molecule has 2 aromatic rings. The molecule has 0 saturated carbocycles.